The molecule has 3 aromatic rings. The van der Waals surface area contributed by atoms with E-state index >= 15 is 0 Å². The van der Waals surface area contributed by atoms with Gasteiger partial charge >= 0.3 is 0 Å². The highest BCUT2D eigenvalue weighted by Crippen LogP contribution is 2.15. The Morgan fingerprint density at radius 3 is 2.85 bits per heavy atom. The third kappa shape index (κ3) is 2.67. The Kier molecular flexibility index (Phi) is 3.43. The minimum absolute atomic E-state index is 0.193. The summed E-state index contributed by atoms with van der Waals surface area (Å²) in [5, 5.41) is 3.70. The molecule has 0 aliphatic heterocycles. The lowest BCUT2D eigenvalue weighted by Gasteiger charge is -2.05. The number of anilines is 1. The Morgan fingerprint density at radius 1 is 1.10 bits per heavy atom. The number of pyridine rings is 2. The molecule has 1 amide bonds. The summed E-state index contributed by atoms with van der Waals surface area (Å²) in [5.74, 6) is 0.317. The molecule has 0 bridgehead atoms. The highest BCUT2D eigenvalue weighted by molar-refractivity contribution is 9.10. The lowest BCUT2D eigenvalue weighted by molar-refractivity contribution is 0.102. The summed E-state index contributed by atoms with van der Waals surface area (Å²) in [6.07, 6.45) is 1.73. The van der Waals surface area contributed by atoms with Gasteiger partial charge < -0.3 is 5.32 Å². The third-order valence-electron chi connectivity index (χ3n) is 2.82. The van der Waals surface area contributed by atoms with Crippen molar-refractivity contribution in [2.75, 3.05) is 5.32 Å². The monoisotopic (exact) mass is 327 g/mol. The highest BCUT2D eigenvalue weighted by Gasteiger charge is 2.08. The first kappa shape index (κ1) is 12.7. The van der Waals surface area contributed by atoms with Crippen molar-refractivity contribution in [3.05, 3.63) is 64.9 Å². The first-order chi connectivity index (χ1) is 9.72. The van der Waals surface area contributed by atoms with Crippen molar-refractivity contribution >= 4 is 38.6 Å². The van der Waals surface area contributed by atoms with E-state index in [4.69, 9.17) is 0 Å². The molecule has 1 N–H and O–H groups in total. The van der Waals surface area contributed by atoms with Gasteiger partial charge in [-0.25, -0.2) is 4.98 Å². The fourth-order valence-electron chi connectivity index (χ4n) is 1.88. The highest BCUT2D eigenvalue weighted by atomic mass is 79.9. The van der Waals surface area contributed by atoms with E-state index in [2.05, 4.69) is 31.2 Å². The predicted octanol–water partition coefficient (Wildman–Crippen LogP) is 3.64. The zero-order valence-corrected chi connectivity index (χ0v) is 12.0. The Bertz CT molecular complexity index is 789. The van der Waals surface area contributed by atoms with Crippen LogP contribution in [0.15, 0.2) is 59.3 Å². The fourth-order valence-corrected chi connectivity index (χ4v) is 2.23. The van der Waals surface area contributed by atoms with Crippen molar-refractivity contribution in [1.82, 2.24) is 9.97 Å². The van der Waals surface area contributed by atoms with E-state index in [1.54, 1.807) is 24.4 Å². The summed E-state index contributed by atoms with van der Waals surface area (Å²) in [6, 6.07) is 14.5. The van der Waals surface area contributed by atoms with Crippen LogP contribution in [-0.4, -0.2) is 15.9 Å². The lowest BCUT2D eigenvalue weighted by atomic mass is 10.1. The van der Waals surface area contributed by atoms with Crippen LogP contribution < -0.4 is 5.32 Å². The second kappa shape index (κ2) is 5.38. The molecule has 0 fully saturated rings. The van der Waals surface area contributed by atoms with Crippen LogP contribution in [0.2, 0.25) is 0 Å². The fraction of sp³-hybridized carbons (Fsp3) is 0. The van der Waals surface area contributed by atoms with E-state index in [1.807, 2.05) is 30.3 Å². The Hall–Kier alpha value is -2.27. The van der Waals surface area contributed by atoms with Crippen LogP contribution in [0.5, 0.6) is 0 Å². The molecule has 20 heavy (non-hydrogen) atoms. The SMILES string of the molecule is O=C(Nc1cccc(Br)n1)c1ccc2ncccc2c1. The molecule has 5 heteroatoms. The Balaban J connectivity index is 1.88. The van der Waals surface area contributed by atoms with Gasteiger partial charge in [0.25, 0.3) is 5.91 Å². The molecule has 0 aliphatic rings. The molecule has 3 rings (SSSR count). The van der Waals surface area contributed by atoms with E-state index in [0.717, 1.165) is 10.9 Å². The van der Waals surface area contributed by atoms with E-state index in [-0.39, 0.29) is 5.91 Å². The summed E-state index contributed by atoms with van der Waals surface area (Å²) >= 11 is 3.27. The molecule has 0 aliphatic carbocycles. The maximum absolute atomic E-state index is 12.2. The molecular formula is C15H10BrN3O. The minimum atomic E-state index is -0.193. The number of halogens is 1. The quantitative estimate of drug-likeness (QED) is 0.731. The maximum atomic E-state index is 12.2. The number of amides is 1. The normalized spacial score (nSPS) is 10.4. The number of carbonyl (C=O) groups is 1. The minimum Gasteiger partial charge on any atom is -0.307 e. The average Bonchev–Trinajstić information content (AvgIpc) is 2.47. The van der Waals surface area contributed by atoms with Gasteiger partial charge in [0.1, 0.15) is 10.4 Å². The maximum Gasteiger partial charge on any atom is 0.256 e. The van der Waals surface area contributed by atoms with Crippen LogP contribution in [0.3, 0.4) is 0 Å². The molecule has 2 aromatic heterocycles. The predicted molar refractivity (Wildman–Crippen MR) is 81.6 cm³/mol. The number of nitrogens with one attached hydrogen (secondary N) is 1. The van der Waals surface area contributed by atoms with Gasteiger partial charge in [0, 0.05) is 17.1 Å². The summed E-state index contributed by atoms with van der Waals surface area (Å²) < 4.78 is 0.679. The van der Waals surface area contributed by atoms with Crippen molar-refractivity contribution in [2.24, 2.45) is 0 Å². The molecular weight excluding hydrogens is 318 g/mol. The van der Waals surface area contributed by atoms with Crippen molar-refractivity contribution < 1.29 is 4.79 Å². The van der Waals surface area contributed by atoms with E-state index in [0.29, 0.717) is 16.0 Å². The number of nitrogens with zero attached hydrogens (tertiary/aromatic N) is 2. The molecule has 0 saturated heterocycles. The number of aromatic nitrogens is 2. The van der Waals surface area contributed by atoms with Gasteiger partial charge in [0.2, 0.25) is 0 Å². The number of rotatable bonds is 2. The zero-order valence-electron chi connectivity index (χ0n) is 10.4. The topological polar surface area (TPSA) is 54.9 Å². The second-order valence-corrected chi connectivity index (χ2v) is 5.02. The van der Waals surface area contributed by atoms with Gasteiger partial charge in [-0.15, -0.1) is 0 Å². The number of hydrogen-bond donors (Lipinski definition) is 1. The molecule has 0 spiro atoms. The summed E-state index contributed by atoms with van der Waals surface area (Å²) in [7, 11) is 0. The van der Waals surface area contributed by atoms with Gasteiger partial charge in [-0.3, -0.25) is 9.78 Å². The molecule has 1 aromatic carbocycles. The molecule has 2 heterocycles. The van der Waals surface area contributed by atoms with Crippen molar-refractivity contribution in [2.45, 2.75) is 0 Å². The number of benzene rings is 1. The molecule has 98 valence electrons. The number of carbonyl (C=O) groups excluding carboxylic acids is 1. The van der Waals surface area contributed by atoms with Crippen LogP contribution in [0.25, 0.3) is 10.9 Å². The smallest absolute Gasteiger partial charge is 0.256 e. The van der Waals surface area contributed by atoms with E-state index in [9.17, 15) is 4.79 Å². The van der Waals surface area contributed by atoms with Gasteiger partial charge in [-0.2, -0.15) is 0 Å². The molecule has 4 nitrogen and oxygen atoms in total. The number of hydrogen-bond acceptors (Lipinski definition) is 3. The first-order valence-electron chi connectivity index (χ1n) is 6.01. The van der Waals surface area contributed by atoms with Crippen molar-refractivity contribution in [3.63, 3.8) is 0 Å². The van der Waals surface area contributed by atoms with Gasteiger partial charge in [-0.05, 0) is 52.3 Å². The summed E-state index contributed by atoms with van der Waals surface area (Å²) in [6.45, 7) is 0. The Morgan fingerprint density at radius 2 is 2.00 bits per heavy atom. The third-order valence-corrected chi connectivity index (χ3v) is 3.26. The van der Waals surface area contributed by atoms with Gasteiger partial charge in [-0.1, -0.05) is 12.1 Å². The van der Waals surface area contributed by atoms with E-state index in [1.165, 1.54) is 0 Å². The molecule has 0 unspecified atom stereocenters. The Labute approximate surface area is 124 Å². The lowest BCUT2D eigenvalue weighted by Crippen LogP contribution is -2.12. The van der Waals surface area contributed by atoms with Crippen LogP contribution in [0.4, 0.5) is 5.82 Å². The van der Waals surface area contributed by atoms with Crippen LogP contribution in [0, 0.1) is 0 Å². The van der Waals surface area contributed by atoms with Crippen LogP contribution in [0.1, 0.15) is 10.4 Å². The molecule has 0 atom stereocenters. The van der Waals surface area contributed by atoms with Gasteiger partial charge in [0.05, 0.1) is 5.52 Å². The largest absolute Gasteiger partial charge is 0.307 e. The molecule has 0 saturated carbocycles. The summed E-state index contributed by atoms with van der Waals surface area (Å²) in [5.41, 5.74) is 1.44. The molecule has 0 radical (unpaired) electrons. The second-order valence-electron chi connectivity index (χ2n) is 4.21. The summed E-state index contributed by atoms with van der Waals surface area (Å²) in [4.78, 5) is 20.6. The van der Waals surface area contributed by atoms with Crippen molar-refractivity contribution in [1.29, 1.82) is 0 Å². The van der Waals surface area contributed by atoms with Crippen molar-refractivity contribution in [3.8, 4) is 0 Å². The first-order valence-corrected chi connectivity index (χ1v) is 6.80. The van der Waals surface area contributed by atoms with Gasteiger partial charge in [0.15, 0.2) is 0 Å². The van der Waals surface area contributed by atoms with Crippen LogP contribution >= 0.6 is 15.9 Å². The standard InChI is InChI=1S/C15H10BrN3O/c16-13-4-1-5-14(18-13)19-15(20)11-6-7-12-10(9-11)3-2-8-17-12/h1-9H,(H,18,19,20). The van der Waals surface area contributed by atoms with E-state index < -0.39 is 0 Å². The number of fused-ring (bicyclic) bond motifs is 1. The zero-order chi connectivity index (χ0) is 13.9. The van der Waals surface area contributed by atoms with Crippen LogP contribution in [-0.2, 0) is 0 Å². The average molecular weight is 328 g/mol.